The molecule has 0 aliphatic heterocycles. The maximum Gasteiger partial charge on any atom is 0.311 e. The minimum absolute atomic E-state index is 0.0375. The van der Waals surface area contributed by atoms with E-state index in [1.807, 2.05) is 20.8 Å². The van der Waals surface area contributed by atoms with Crippen molar-refractivity contribution in [1.82, 2.24) is 0 Å². The standard InChI is InChI=1S/C20H32O3/c1-5-19(2,3)18(22)23-12-17(21)11-20(4)15-7-13-6-14(9-15)10-16(20)8-13/h13-16H,5-12H2,1-4H3. The van der Waals surface area contributed by atoms with Gasteiger partial charge < -0.3 is 4.74 Å². The predicted molar refractivity (Wildman–Crippen MR) is 89.8 cm³/mol. The number of rotatable bonds is 6. The van der Waals surface area contributed by atoms with Gasteiger partial charge in [0.15, 0.2) is 5.78 Å². The minimum Gasteiger partial charge on any atom is -0.457 e. The fourth-order valence-electron chi connectivity index (χ4n) is 5.51. The number of ketones is 1. The topological polar surface area (TPSA) is 43.4 Å². The summed E-state index contributed by atoms with van der Waals surface area (Å²) in [4.78, 5) is 24.5. The summed E-state index contributed by atoms with van der Waals surface area (Å²) in [6.45, 7) is 8.01. The van der Waals surface area contributed by atoms with E-state index in [4.69, 9.17) is 4.74 Å². The van der Waals surface area contributed by atoms with Crippen molar-refractivity contribution in [2.24, 2.45) is 34.5 Å². The zero-order valence-electron chi connectivity index (χ0n) is 15.2. The molecule has 0 heterocycles. The molecule has 0 N–H and O–H groups in total. The molecule has 4 fully saturated rings. The van der Waals surface area contributed by atoms with Crippen LogP contribution in [0.5, 0.6) is 0 Å². The lowest BCUT2D eigenvalue weighted by Gasteiger charge is -2.60. The Kier molecular flexibility index (Phi) is 4.35. The third-order valence-electron chi connectivity index (χ3n) is 7.38. The van der Waals surface area contributed by atoms with Crippen LogP contribution in [0.4, 0.5) is 0 Å². The molecule has 3 nitrogen and oxygen atoms in total. The lowest BCUT2D eigenvalue weighted by atomic mass is 9.45. The van der Waals surface area contributed by atoms with Gasteiger partial charge >= 0.3 is 5.97 Å². The van der Waals surface area contributed by atoms with Gasteiger partial charge in [0.1, 0.15) is 6.61 Å². The normalized spacial score (nSPS) is 38.6. The Balaban J connectivity index is 1.57. The van der Waals surface area contributed by atoms with Gasteiger partial charge in [0.05, 0.1) is 5.41 Å². The molecule has 0 amide bonds. The van der Waals surface area contributed by atoms with Crippen molar-refractivity contribution in [3.05, 3.63) is 0 Å². The van der Waals surface area contributed by atoms with E-state index >= 15 is 0 Å². The summed E-state index contributed by atoms with van der Waals surface area (Å²) in [7, 11) is 0. The zero-order chi connectivity index (χ0) is 16.8. The first-order chi connectivity index (χ1) is 10.7. The van der Waals surface area contributed by atoms with Crippen LogP contribution in [0.15, 0.2) is 0 Å². The van der Waals surface area contributed by atoms with Crippen LogP contribution >= 0.6 is 0 Å². The quantitative estimate of drug-likeness (QED) is 0.682. The Bertz CT molecular complexity index is 463. The molecule has 0 spiro atoms. The Morgan fingerprint density at radius 3 is 2.04 bits per heavy atom. The van der Waals surface area contributed by atoms with Crippen LogP contribution in [0.2, 0.25) is 0 Å². The highest BCUT2D eigenvalue weighted by Crippen LogP contribution is 2.63. The number of carbonyl (C=O) groups is 2. The molecular weight excluding hydrogens is 288 g/mol. The first-order valence-corrected chi connectivity index (χ1v) is 9.43. The second-order valence-corrected chi connectivity index (χ2v) is 9.34. The van der Waals surface area contributed by atoms with Crippen LogP contribution in [0.25, 0.3) is 0 Å². The number of Topliss-reactive ketones (excluding diaryl/α,β-unsaturated/α-hetero) is 1. The molecule has 4 aliphatic carbocycles. The minimum atomic E-state index is -0.493. The fourth-order valence-corrected chi connectivity index (χ4v) is 5.51. The Morgan fingerprint density at radius 1 is 1.04 bits per heavy atom. The summed E-state index contributed by atoms with van der Waals surface area (Å²) in [5, 5.41) is 0. The van der Waals surface area contributed by atoms with Gasteiger partial charge in [-0.15, -0.1) is 0 Å². The van der Waals surface area contributed by atoms with Crippen molar-refractivity contribution in [2.45, 2.75) is 72.6 Å². The Morgan fingerprint density at radius 2 is 1.57 bits per heavy atom. The number of carbonyl (C=O) groups excluding carboxylic acids is 2. The van der Waals surface area contributed by atoms with E-state index in [0.717, 1.165) is 18.3 Å². The highest BCUT2D eigenvalue weighted by molar-refractivity contribution is 5.84. The van der Waals surface area contributed by atoms with Gasteiger partial charge in [-0.25, -0.2) is 0 Å². The van der Waals surface area contributed by atoms with E-state index in [-0.39, 0.29) is 23.8 Å². The molecule has 4 rings (SSSR count). The summed E-state index contributed by atoms with van der Waals surface area (Å²) >= 11 is 0. The number of esters is 1. The highest BCUT2D eigenvalue weighted by atomic mass is 16.5. The molecule has 4 saturated carbocycles. The predicted octanol–water partition coefficient (Wildman–Crippen LogP) is 4.39. The van der Waals surface area contributed by atoms with Crippen LogP contribution in [0, 0.1) is 34.5 Å². The first-order valence-electron chi connectivity index (χ1n) is 9.43. The van der Waals surface area contributed by atoms with Crippen molar-refractivity contribution >= 4 is 11.8 Å². The molecule has 0 saturated heterocycles. The molecule has 3 heteroatoms. The first kappa shape index (κ1) is 17.0. The van der Waals surface area contributed by atoms with Crippen LogP contribution in [0.1, 0.15) is 72.6 Å². The summed E-state index contributed by atoms with van der Waals surface area (Å²) in [6.07, 6.45) is 8.03. The maximum atomic E-state index is 12.5. The van der Waals surface area contributed by atoms with Crippen molar-refractivity contribution in [1.29, 1.82) is 0 Å². The van der Waals surface area contributed by atoms with Crippen LogP contribution in [0.3, 0.4) is 0 Å². The van der Waals surface area contributed by atoms with E-state index in [1.54, 1.807) is 0 Å². The third-order valence-corrected chi connectivity index (χ3v) is 7.38. The molecule has 4 aliphatic rings. The fraction of sp³-hybridized carbons (Fsp3) is 0.900. The van der Waals surface area contributed by atoms with Gasteiger partial charge in [0.2, 0.25) is 0 Å². The molecule has 130 valence electrons. The molecule has 0 aromatic carbocycles. The summed E-state index contributed by atoms with van der Waals surface area (Å²) in [5.41, 5.74) is -0.343. The SMILES string of the molecule is CCC(C)(C)C(=O)OCC(=O)CC1(C)C2CC3CC(C2)CC1C3. The average molecular weight is 320 g/mol. The van der Waals surface area contributed by atoms with Crippen molar-refractivity contribution in [3.63, 3.8) is 0 Å². The molecular formula is C20H32O3. The second kappa shape index (κ2) is 5.89. The molecule has 0 atom stereocenters. The second-order valence-electron chi connectivity index (χ2n) is 9.34. The summed E-state index contributed by atoms with van der Waals surface area (Å²) in [6, 6.07) is 0. The number of ether oxygens (including phenoxy) is 1. The van der Waals surface area contributed by atoms with Gasteiger partial charge in [-0.2, -0.15) is 0 Å². The third kappa shape index (κ3) is 3.08. The van der Waals surface area contributed by atoms with E-state index < -0.39 is 5.41 Å². The van der Waals surface area contributed by atoms with Crippen molar-refractivity contribution in [2.75, 3.05) is 6.61 Å². The van der Waals surface area contributed by atoms with E-state index in [2.05, 4.69) is 6.92 Å². The molecule has 4 bridgehead atoms. The Hall–Kier alpha value is -0.860. The molecule has 23 heavy (non-hydrogen) atoms. The molecule has 0 aromatic heterocycles. The highest BCUT2D eigenvalue weighted by Gasteiger charge is 2.55. The van der Waals surface area contributed by atoms with Gasteiger partial charge in [-0.05, 0) is 81.5 Å². The smallest absolute Gasteiger partial charge is 0.311 e. The van der Waals surface area contributed by atoms with E-state index in [0.29, 0.717) is 18.3 Å². The summed E-state index contributed by atoms with van der Waals surface area (Å²) in [5.74, 6) is 3.13. The van der Waals surface area contributed by atoms with Gasteiger partial charge in [0.25, 0.3) is 0 Å². The van der Waals surface area contributed by atoms with Crippen molar-refractivity contribution in [3.8, 4) is 0 Å². The largest absolute Gasteiger partial charge is 0.457 e. The van der Waals surface area contributed by atoms with Gasteiger partial charge in [-0.3, -0.25) is 9.59 Å². The molecule has 0 unspecified atom stereocenters. The lowest BCUT2D eigenvalue weighted by molar-refractivity contribution is -0.159. The molecule has 0 radical (unpaired) electrons. The average Bonchev–Trinajstić information content (AvgIpc) is 2.49. The van der Waals surface area contributed by atoms with E-state index in [9.17, 15) is 9.59 Å². The number of hydrogen-bond donors (Lipinski definition) is 0. The monoisotopic (exact) mass is 320 g/mol. The lowest BCUT2D eigenvalue weighted by Crippen LogP contribution is -2.52. The summed E-state index contributed by atoms with van der Waals surface area (Å²) < 4.78 is 5.31. The Labute approximate surface area is 140 Å². The zero-order valence-corrected chi connectivity index (χ0v) is 15.2. The van der Waals surface area contributed by atoms with Crippen LogP contribution in [-0.2, 0) is 14.3 Å². The van der Waals surface area contributed by atoms with Gasteiger partial charge in [-0.1, -0.05) is 13.8 Å². The van der Waals surface area contributed by atoms with Gasteiger partial charge in [0, 0.05) is 6.42 Å². The molecule has 0 aromatic rings. The maximum absolute atomic E-state index is 12.5. The number of hydrogen-bond acceptors (Lipinski definition) is 3. The van der Waals surface area contributed by atoms with Crippen LogP contribution in [-0.4, -0.2) is 18.4 Å². The van der Waals surface area contributed by atoms with E-state index in [1.165, 1.54) is 32.1 Å². The van der Waals surface area contributed by atoms with Crippen molar-refractivity contribution < 1.29 is 14.3 Å². The van der Waals surface area contributed by atoms with Crippen LogP contribution < -0.4 is 0 Å².